The molecule has 0 bridgehead atoms. The van der Waals surface area contributed by atoms with E-state index in [1.165, 1.54) is 0 Å². The lowest BCUT2D eigenvalue weighted by molar-refractivity contribution is 0.380. The molecule has 1 atom stereocenters. The van der Waals surface area contributed by atoms with Gasteiger partial charge in [-0.1, -0.05) is 6.07 Å². The summed E-state index contributed by atoms with van der Waals surface area (Å²) in [6.07, 6.45) is 2.07. The van der Waals surface area contributed by atoms with Crippen LogP contribution in [0.4, 0.5) is 0 Å². The van der Waals surface area contributed by atoms with Crippen molar-refractivity contribution in [1.82, 2.24) is 4.57 Å². The van der Waals surface area contributed by atoms with Gasteiger partial charge in [-0.05, 0) is 13.0 Å². The highest BCUT2D eigenvalue weighted by molar-refractivity contribution is 5.07. The van der Waals surface area contributed by atoms with Crippen LogP contribution in [0.3, 0.4) is 0 Å². The van der Waals surface area contributed by atoms with Gasteiger partial charge in [-0.3, -0.25) is 4.79 Å². The van der Waals surface area contributed by atoms with E-state index in [0.717, 1.165) is 12.2 Å². The Morgan fingerprint density at radius 1 is 1.75 bits per heavy atom. The topological polar surface area (TPSA) is 34.5 Å². The van der Waals surface area contributed by atoms with E-state index in [-0.39, 0.29) is 11.7 Å². The molecule has 2 rings (SSSR count). The molecule has 12 heavy (non-hydrogen) atoms. The molecule has 3 nitrogen and oxygen atoms in total. The first kappa shape index (κ1) is 7.55. The van der Waals surface area contributed by atoms with E-state index < -0.39 is 0 Å². The van der Waals surface area contributed by atoms with Gasteiger partial charge in [0.15, 0.2) is 0 Å². The van der Waals surface area contributed by atoms with Crippen molar-refractivity contribution in [3.8, 4) is 0 Å². The highest BCUT2D eigenvalue weighted by atomic mass is 16.6. The third-order valence-corrected chi connectivity index (χ3v) is 2.01. The lowest BCUT2D eigenvalue weighted by Gasteiger charge is -2.02. The van der Waals surface area contributed by atoms with E-state index >= 15 is 0 Å². The first-order chi connectivity index (χ1) is 5.77. The van der Waals surface area contributed by atoms with Crippen LogP contribution >= 0.6 is 0 Å². The molecule has 0 unspecified atom stereocenters. The van der Waals surface area contributed by atoms with Crippen LogP contribution in [0.2, 0.25) is 0 Å². The quantitative estimate of drug-likeness (QED) is 0.600. The van der Waals surface area contributed by atoms with Gasteiger partial charge in [0, 0.05) is 11.8 Å². The number of pyridine rings is 1. The second-order valence-corrected chi connectivity index (χ2v) is 3.10. The molecule has 0 spiro atoms. The molecule has 0 aliphatic carbocycles. The van der Waals surface area contributed by atoms with Crippen molar-refractivity contribution in [3.05, 3.63) is 34.2 Å². The van der Waals surface area contributed by atoms with Gasteiger partial charge in [-0.15, -0.1) is 0 Å². The Morgan fingerprint density at radius 3 is 3.17 bits per heavy atom. The molecule has 1 aromatic heterocycles. The summed E-state index contributed by atoms with van der Waals surface area (Å²) >= 11 is 0. The summed E-state index contributed by atoms with van der Waals surface area (Å²) in [6.45, 7) is 3.31. The molecular weight excluding hydrogens is 154 g/mol. The number of epoxide rings is 1. The van der Waals surface area contributed by atoms with Crippen LogP contribution in [0, 0.1) is 6.92 Å². The lowest BCUT2D eigenvalue weighted by atomic mass is 10.3. The number of rotatable bonds is 2. The average molecular weight is 165 g/mol. The van der Waals surface area contributed by atoms with Gasteiger partial charge in [-0.25, -0.2) is 0 Å². The Kier molecular flexibility index (Phi) is 1.73. The van der Waals surface area contributed by atoms with Crippen molar-refractivity contribution in [1.29, 1.82) is 0 Å². The van der Waals surface area contributed by atoms with E-state index in [4.69, 9.17) is 4.74 Å². The second-order valence-electron chi connectivity index (χ2n) is 3.10. The first-order valence-corrected chi connectivity index (χ1v) is 4.05. The zero-order valence-electron chi connectivity index (χ0n) is 6.99. The third-order valence-electron chi connectivity index (χ3n) is 2.01. The number of aromatic nitrogens is 1. The molecule has 1 aromatic rings. The smallest absolute Gasteiger partial charge is 0.253 e. The molecular formula is C9H11NO2. The summed E-state index contributed by atoms with van der Waals surface area (Å²) in [4.78, 5) is 11.4. The van der Waals surface area contributed by atoms with Crippen LogP contribution in [0.1, 0.15) is 5.56 Å². The van der Waals surface area contributed by atoms with Gasteiger partial charge < -0.3 is 9.30 Å². The van der Waals surface area contributed by atoms with Crippen molar-refractivity contribution in [2.75, 3.05) is 6.61 Å². The first-order valence-electron chi connectivity index (χ1n) is 4.05. The minimum atomic E-state index is 0.0907. The predicted molar refractivity (Wildman–Crippen MR) is 45.2 cm³/mol. The molecule has 1 aliphatic rings. The van der Waals surface area contributed by atoms with E-state index in [1.54, 1.807) is 10.8 Å². The molecule has 0 aromatic carbocycles. The van der Waals surface area contributed by atoms with Crippen LogP contribution in [0.25, 0.3) is 0 Å². The molecule has 0 amide bonds. The van der Waals surface area contributed by atoms with Crippen LogP contribution in [-0.4, -0.2) is 17.3 Å². The molecule has 64 valence electrons. The zero-order valence-corrected chi connectivity index (χ0v) is 6.99. The van der Waals surface area contributed by atoms with Crippen molar-refractivity contribution < 1.29 is 4.74 Å². The van der Waals surface area contributed by atoms with Crippen LogP contribution in [-0.2, 0) is 11.3 Å². The molecule has 0 radical (unpaired) electrons. The summed E-state index contributed by atoms with van der Waals surface area (Å²) in [6, 6.07) is 3.71. The highest BCUT2D eigenvalue weighted by Crippen LogP contribution is 2.10. The van der Waals surface area contributed by atoms with Crippen molar-refractivity contribution >= 4 is 0 Å². The Balaban J connectivity index is 2.29. The van der Waals surface area contributed by atoms with Crippen molar-refractivity contribution in [2.45, 2.75) is 19.6 Å². The molecule has 3 heteroatoms. The summed E-state index contributed by atoms with van der Waals surface area (Å²) in [7, 11) is 0. The molecule has 0 N–H and O–H groups in total. The number of aryl methyl sites for hydroxylation is 1. The lowest BCUT2D eigenvalue weighted by Crippen LogP contribution is -2.23. The van der Waals surface area contributed by atoms with E-state index in [9.17, 15) is 4.79 Å². The monoisotopic (exact) mass is 165 g/mol. The summed E-state index contributed by atoms with van der Waals surface area (Å²) in [5, 5.41) is 0. The van der Waals surface area contributed by atoms with E-state index in [2.05, 4.69) is 0 Å². The Hall–Kier alpha value is -1.09. The van der Waals surface area contributed by atoms with Gasteiger partial charge in [0.05, 0.1) is 19.3 Å². The molecule has 1 aliphatic heterocycles. The number of nitrogens with zero attached hydrogens (tertiary/aromatic N) is 1. The molecule has 1 fully saturated rings. The van der Waals surface area contributed by atoms with Crippen molar-refractivity contribution in [2.24, 2.45) is 0 Å². The number of ether oxygens (including phenoxy) is 1. The Bertz CT molecular complexity index is 339. The average Bonchev–Trinajstić information content (AvgIpc) is 2.83. The maximum absolute atomic E-state index is 11.4. The maximum atomic E-state index is 11.4. The van der Waals surface area contributed by atoms with Crippen LogP contribution < -0.4 is 5.56 Å². The van der Waals surface area contributed by atoms with Gasteiger partial charge in [0.1, 0.15) is 0 Å². The summed E-state index contributed by atoms with van der Waals surface area (Å²) in [5.41, 5.74) is 0.881. The van der Waals surface area contributed by atoms with E-state index in [0.29, 0.717) is 6.54 Å². The molecule has 0 saturated carbocycles. The van der Waals surface area contributed by atoms with Gasteiger partial charge >= 0.3 is 0 Å². The molecule has 1 saturated heterocycles. The predicted octanol–water partition coefficient (Wildman–Crippen LogP) is 0.556. The fraction of sp³-hybridized carbons (Fsp3) is 0.444. The summed E-state index contributed by atoms with van der Waals surface area (Å²) < 4.78 is 6.75. The fourth-order valence-corrected chi connectivity index (χ4v) is 1.19. The van der Waals surface area contributed by atoms with Gasteiger partial charge in [0.2, 0.25) is 0 Å². The standard InChI is InChI=1S/C9H11NO2/c1-7-3-2-4-10(9(7)11)5-8-6-12-8/h2-4,8H,5-6H2,1H3/t8-/m0/s1. The van der Waals surface area contributed by atoms with Gasteiger partial charge in [0.25, 0.3) is 5.56 Å². The van der Waals surface area contributed by atoms with Crippen LogP contribution in [0.5, 0.6) is 0 Å². The number of hydrogen-bond acceptors (Lipinski definition) is 2. The SMILES string of the molecule is Cc1cccn(C[C@H]2CO2)c1=O. The fourth-order valence-electron chi connectivity index (χ4n) is 1.19. The van der Waals surface area contributed by atoms with Gasteiger partial charge in [-0.2, -0.15) is 0 Å². The maximum Gasteiger partial charge on any atom is 0.253 e. The van der Waals surface area contributed by atoms with Crippen LogP contribution in [0.15, 0.2) is 23.1 Å². The minimum absolute atomic E-state index is 0.0907. The van der Waals surface area contributed by atoms with Crippen molar-refractivity contribution in [3.63, 3.8) is 0 Å². The summed E-state index contributed by atoms with van der Waals surface area (Å²) in [5.74, 6) is 0. The Labute approximate surface area is 70.6 Å². The largest absolute Gasteiger partial charge is 0.371 e. The minimum Gasteiger partial charge on any atom is -0.371 e. The Morgan fingerprint density at radius 2 is 2.50 bits per heavy atom. The highest BCUT2D eigenvalue weighted by Gasteiger charge is 2.22. The zero-order chi connectivity index (χ0) is 8.55. The number of hydrogen-bond donors (Lipinski definition) is 0. The molecule has 2 heterocycles. The third kappa shape index (κ3) is 1.41. The van der Waals surface area contributed by atoms with E-state index in [1.807, 2.05) is 19.1 Å². The normalized spacial score (nSPS) is 20.9. The second kappa shape index (κ2) is 2.75.